The van der Waals surface area contributed by atoms with E-state index in [4.69, 9.17) is 10.5 Å². The highest BCUT2D eigenvalue weighted by Crippen LogP contribution is 2.13. The minimum atomic E-state index is 0.0601. The molecule has 1 aromatic carbocycles. The Morgan fingerprint density at radius 3 is 2.45 bits per heavy atom. The number of ketones is 1. The van der Waals surface area contributed by atoms with Crippen LogP contribution < -0.4 is 15.0 Å². The second-order valence-corrected chi connectivity index (χ2v) is 4.76. The molecule has 0 spiro atoms. The molecule has 0 saturated carbocycles. The standard InChI is InChI=1S/C16H18N2O2/c1-11-12(2)18(9-8-15(11)17)10-16(19)13-4-6-14(20-3)7-5-13/h4-9,17H,10H2,1-3H3/p+1. The molecule has 104 valence electrons. The van der Waals surface area contributed by atoms with Crippen LogP contribution >= 0.6 is 0 Å². The maximum atomic E-state index is 12.3. The summed E-state index contributed by atoms with van der Waals surface area (Å²) in [5.74, 6) is 0.804. The van der Waals surface area contributed by atoms with Crippen LogP contribution in [0.3, 0.4) is 0 Å². The number of hydrogen-bond donors (Lipinski definition) is 1. The van der Waals surface area contributed by atoms with Crippen LogP contribution in [0.15, 0.2) is 36.5 Å². The average molecular weight is 271 g/mol. The summed E-state index contributed by atoms with van der Waals surface area (Å²) >= 11 is 0. The number of ether oxygens (including phenoxy) is 1. The summed E-state index contributed by atoms with van der Waals surface area (Å²) in [6.07, 6.45) is 1.85. The molecular weight excluding hydrogens is 252 g/mol. The number of nitrogens with two attached hydrogens (primary N) is 1. The number of pyridine rings is 1. The van der Waals surface area contributed by atoms with Crippen LogP contribution in [-0.2, 0) is 6.54 Å². The first-order chi connectivity index (χ1) is 9.52. The zero-order valence-electron chi connectivity index (χ0n) is 12.0. The van der Waals surface area contributed by atoms with E-state index in [1.807, 2.05) is 30.7 Å². The van der Waals surface area contributed by atoms with E-state index in [1.165, 1.54) is 0 Å². The van der Waals surface area contributed by atoms with Gasteiger partial charge in [0.25, 0.3) is 0 Å². The Labute approximate surface area is 118 Å². The van der Waals surface area contributed by atoms with Gasteiger partial charge in [0.15, 0.2) is 11.9 Å². The van der Waals surface area contributed by atoms with Crippen LogP contribution in [0, 0.1) is 13.8 Å². The molecule has 2 aromatic rings. The van der Waals surface area contributed by atoms with Crippen LogP contribution in [0.25, 0.3) is 0 Å². The number of carbonyl (C=O) groups excluding carboxylic acids is 1. The summed E-state index contributed by atoms with van der Waals surface area (Å²) in [5.41, 5.74) is 9.29. The van der Waals surface area contributed by atoms with Gasteiger partial charge in [-0.05, 0) is 31.2 Å². The van der Waals surface area contributed by atoms with Gasteiger partial charge in [0.1, 0.15) is 5.75 Å². The molecule has 0 aliphatic heterocycles. The fourth-order valence-electron chi connectivity index (χ4n) is 2.03. The molecular formula is C16H19N2O2+. The van der Waals surface area contributed by atoms with Crippen molar-refractivity contribution in [2.45, 2.75) is 20.4 Å². The molecule has 0 radical (unpaired) electrons. The van der Waals surface area contributed by atoms with Gasteiger partial charge in [-0.2, -0.15) is 4.57 Å². The highest BCUT2D eigenvalue weighted by atomic mass is 16.5. The highest BCUT2D eigenvalue weighted by Gasteiger charge is 2.17. The zero-order valence-corrected chi connectivity index (χ0v) is 12.0. The van der Waals surface area contributed by atoms with Crippen LogP contribution in [-0.4, -0.2) is 12.9 Å². The summed E-state index contributed by atoms with van der Waals surface area (Å²) in [7, 11) is 1.60. The first-order valence-corrected chi connectivity index (χ1v) is 6.45. The van der Waals surface area contributed by atoms with Gasteiger partial charge in [-0.25, -0.2) is 0 Å². The summed E-state index contributed by atoms with van der Waals surface area (Å²) in [6, 6.07) is 8.96. The molecule has 20 heavy (non-hydrogen) atoms. The van der Waals surface area contributed by atoms with Crippen molar-refractivity contribution >= 4 is 11.5 Å². The maximum Gasteiger partial charge on any atom is 0.227 e. The van der Waals surface area contributed by atoms with Crippen molar-refractivity contribution in [3.8, 4) is 5.75 Å². The van der Waals surface area contributed by atoms with E-state index < -0.39 is 0 Å². The van der Waals surface area contributed by atoms with Crippen LogP contribution in [0.2, 0.25) is 0 Å². The number of aromatic nitrogens is 1. The zero-order chi connectivity index (χ0) is 14.7. The van der Waals surface area contributed by atoms with Crippen molar-refractivity contribution in [2.75, 3.05) is 12.8 Å². The molecule has 2 rings (SSSR count). The summed E-state index contributed by atoms with van der Waals surface area (Å²) in [5, 5.41) is 0. The lowest BCUT2D eigenvalue weighted by Crippen LogP contribution is -2.41. The van der Waals surface area contributed by atoms with E-state index in [2.05, 4.69) is 0 Å². The van der Waals surface area contributed by atoms with Gasteiger partial charge >= 0.3 is 0 Å². The van der Waals surface area contributed by atoms with E-state index in [0.29, 0.717) is 12.1 Å². The first-order valence-electron chi connectivity index (χ1n) is 6.45. The summed E-state index contributed by atoms with van der Waals surface area (Å²) < 4.78 is 7.00. The molecule has 0 amide bonds. The Hall–Kier alpha value is -2.36. The third kappa shape index (κ3) is 2.79. The quantitative estimate of drug-likeness (QED) is 0.684. The molecule has 4 nitrogen and oxygen atoms in total. The van der Waals surface area contributed by atoms with E-state index in [1.54, 1.807) is 31.4 Å². The Kier molecular flexibility index (Phi) is 4.03. The number of benzene rings is 1. The SMILES string of the molecule is COc1ccc(C(=O)C[n+]2ccc(N)c(C)c2C)cc1. The number of nitrogens with zero attached hydrogens (tertiary/aromatic N) is 1. The number of rotatable bonds is 4. The lowest BCUT2D eigenvalue weighted by Gasteiger charge is -2.05. The smallest absolute Gasteiger partial charge is 0.227 e. The third-order valence-corrected chi connectivity index (χ3v) is 3.57. The molecule has 1 heterocycles. The van der Waals surface area contributed by atoms with Gasteiger partial charge in [-0.1, -0.05) is 0 Å². The highest BCUT2D eigenvalue weighted by molar-refractivity contribution is 5.95. The predicted molar refractivity (Wildman–Crippen MR) is 77.8 cm³/mol. The van der Waals surface area contributed by atoms with Gasteiger partial charge in [0, 0.05) is 29.8 Å². The molecule has 0 saturated heterocycles. The largest absolute Gasteiger partial charge is 0.497 e. The van der Waals surface area contributed by atoms with Gasteiger partial charge in [-0.3, -0.25) is 4.79 Å². The number of Topliss-reactive ketones (excluding diaryl/α,β-unsaturated/α-hetero) is 1. The van der Waals surface area contributed by atoms with E-state index in [-0.39, 0.29) is 5.78 Å². The molecule has 2 N–H and O–H groups in total. The van der Waals surface area contributed by atoms with E-state index >= 15 is 0 Å². The minimum absolute atomic E-state index is 0.0601. The number of hydrogen-bond acceptors (Lipinski definition) is 3. The van der Waals surface area contributed by atoms with Crippen molar-refractivity contribution in [1.29, 1.82) is 0 Å². The van der Waals surface area contributed by atoms with Gasteiger partial charge in [-0.15, -0.1) is 0 Å². The molecule has 4 heteroatoms. The molecule has 0 aliphatic rings. The monoisotopic (exact) mass is 271 g/mol. The first kappa shape index (κ1) is 14.1. The number of carbonyl (C=O) groups is 1. The number of anilines is 1. The van der Waals surface area contributed by atoms with Crippen molar-refractivity contribution in [3.63, 3.8) is 0 Å². The number of methoxy groups -OCH3 is 1. The molecule has 0 fully saturated rings. The van der Waals surface area contributed by atoms with Crippen molar-refractivity contribution in [1.82, 2.24) is 0 Å². The lowest BCUT2D eigenvalue weighted by molar-refractivity contribution is -0.689. The van der Waals surface area contributed by atoms with Gasteiger partial charge < -0.3 is 10.5 Å². The topological polar surface area (TPSA) is 56.2 Å². The molecule has 0 aliphatic carbocycles. The maximum absolute atomic E-state index is 12.3. The van der Waals surface area contributed by atoms with Crippen LogP contribution in [0.1, 0.15) is 21.6 Å². The van der Waals surface area contributed by atoms with E-state index in [9.17, 15) is 4.79 Å². The predicted octanol–water partition coefficient (Wildman–Crippen LogP) is 2.06. The van der Waals surface area contributed by atoms with Gasteiger partial charge in [0.2, 0.25) is 12.3 Å². The van der Waals surface area contributed by atoms with Crippen LogP contribution in [0.5, 0.6) is 5.75 Å². The van der Waals surface area contributed by atoms with Gasteiger partial charge in [0.05, 0.1) is 7.11 Å². The second-order valence-electron chi connectivity index (χ2n) is 4.76. The molecule has 0 bridgehead atoms. The Morgan fingerprint density at radius 1 is 1.20 bits per heavy atom. The summed E-state index contributed by atoms with van der Waals surface area (Å²) in [4.78, 5) is 12.3. The van der Waals surface area contributed by atoms with Crippen molar-refractivity contribution in [2.24, 2.45) is 0 Å². The fraction of sp³-hybridized carbons (Fsp3) is 0.250. The average Bonchev–Trinajstić information content (AvgIpc) is 2.48. The Morgan fingerprint density at radius 2 is 1.85 bits per heavy atom. The Bertz CT molecular complexity index is 634. The van der Waals surface area contributed by atoms with Crippen molar-refractivity contribution < 1.29 is 14.1 Å². The summed E-state index contributed by atoms with van der Waals surface area (Å²) in [6.45, 7) is 4.23. The van der Waals surface area contributed by atoms with Crippen LogP contribution in [0.4, 0.5) is 5.69 Å². The minimum Gasteiger partial charge on any atom is -0.497 e. The number of nitrogen functional groups attached to an aromatic ring is 1. The normalized spacial score (nSPS) is 10.3. The Balaban J connectivity index is 2.21. The van der Waals surface area contributed by atoms with E-state index in [0.717, 1.165) is 22.7 Å². The molecule has 0 atom stereocenters. The van der Waals surface area contributed by atoms with Crippen molar-refractivity contribution in [3.05, 3.63) is 53.3 Å². The fourth-order valence-corrected chi connectivity index (χ4v) is 2.03. The molecule has 0 unspecified atom stereocenters. The second kappa shape index (κ2) is 5.74. The third-order valence-electron chi connectivity index (χ3n) is 3.57. The molecule has 1 aromatic heterocycles. The lowest BCUT2D eigenvalue weighted by atomic mass is 10.1.